The van der Waals surface area contributed by atoms with Crippen LogP contribution in [0.4, 0.5) is 0 Å². The number of para-hydroxylation sites is 1. The summed E-state index contributed by atoms with van der Waals surface area (Å²) in [6.07, 6.45) is 9.17. The van der Waals surface area contributed by atoms with Crippen molar-refractivity contribution >= 4 is 5.91 Å². The molecule has 2 saturated carbocycles. The van der Waals surface area contributed by atoms with Crippen LogP contribution < -0.4 is 15.8 Å². The third-order valence-electron chi connectivity index (χ3n) is 5.97. The Morgan fingerprint density at radius 1 is 1.09 bits per heavy atom. The fraction of sp³-hybridized carbons (Fsp3) is 0.632. The molecule has 1 amide bonds. The van der Waals surface area contributed by atoms with Crippen molar-refractivity contribution in [3.05, 3.63) is 29.8 Å². The predicted octanol–water partition coefficient (Wildman–Crippen LogP) is 3.21. The zero-order valence-electron chi connectivity index (χ0n) is 13.6. The van der Waals surface area contributed by atoms with Crippen LogP contribution in [0.1, 0.15) is 69.4 Å². The van der Waals surface area contributed by atoms with E-state index in [4.69, 9.17) is 10.5 Å². The molecular formula is C19H26N2O2. The highest BCUT2D eigenvalue weighted by atomic mass is 16.5. The van der Waals surface area contributed by atoms with Crippen molar-refractivity contribution in [1.29, 1.82) is 0 Å². The molecule has 2 aliphatic carbocycles. The summed E-state index contributed by atoms with van der Waals surface area (Å²) in [7, 11) is 0. The van der Waals surface area contributed by atoms with Gasteiger partial charge in [-0.2, -0.15) is 0 Å². The molecule has 4 nitrogen and oxygen atoms in total. The van der Waals surface area contributed by atoms with E-state index in [0.717, 1.165) is 56.3 Å². The maximum Gasteiger partial charge on any atom is 0.240 e. The van der Waals surface area contributed by atoms with Gasteiger partial charge in [0.2, 0.25) is 5.91 Å². The number of ether oxygens (including phenoxy) is 1. The molecule has 3 aliphatic rings. The molecule has 1 heterocycles. The van der Waals surface area contributed by atoms with Gasteiger partial charge < -0.3 is 15.8 Å². The van der Waals surface area contributed by atoms with Crippen molar-refractivity contribution < 1.29 is 9.53 Å². The SMILES string of the molecule is NC1(C(=O)NC2CC3(CCCC3)Oc3ccccc32)CCCC1. The molecule has 1 aromatic rings. The number of nitrogens with two attached hydrogens (primary N) is 1. The van der Waals surface area contributed by atoms with E-state index < -0.39 is 5.54 Å². The van der Waals surface area contributed by atoms with Crippen LogP contribution in [0.2, 0.25) is 0 Å². The summed E-state index contributed by atoms with van der Waals surface area (Å²) in [4.78, 5) is 12.8. The summed E-state index contributed by atoms with van der Waals surface area (Å²) < 4.78 is 6.36. The molecule has 4 heteroatoms. The Morgan fingerprint density at radius 3 is 2.48 bits per heavy atom. The smallest absolute Gasteiger partial charge is 0.240 e. The first-order valence-electron chi connectivity index (χ1n) is 8.98. The maximum atomic E-state index is 12.8. The highest BCUT2D eigenvalue weighted by Gasteiger charge is 2.45. The van der Waals surface area contributed by atoms with E-state index in [1.807, 2.05) is 18.2 Å². The standard InChI is InChI=1S/C19H26N2O2/c20-19(11-5-6-12-19)17(22)21-15-13-18(9-3-4-10-18)23-16-8-2-1-7-14(15)16/h1-2,7-8,15H,3-6,9-13,20H2,(H,21,22). The van der Waals surface area contributed by atoms with Gasteiger partial charge in [0.15, 0.2) is 0 Å². The normalized spacial score (nSPS) is 27.4. The van der Waals surface area contributed by atoms with Gasteiger partial charge in [0, 0.05) is 12.0 Å². The monoisotopic (exact) mass is 314 g/mol. The zero-order chi connectivity index (χ0) is 15.9. The van der Waals surface area contributed by atoms with Crippen LogP contribution >= 0.6 is 0 Å². The van der Waals surface area contributed by atoms with Crippen molar-refractivity contribution in [3.8, 4) is 5.75 Å². The Kier molecular flexibility index (Phi) is 3.60. The number of nitrogens with one attached hydrogen (secondary N) is 1. The van der Waals surface area contributed by atoms with Crippen LogP contribution in [-0.2, 0) is 4.79 Å². The van der Waals surface area contributed by atoms with Gasteiger partial charge in [-0.1, -0.05) is 31.0 Å². The number of carbonyl (C=O) groups is 1. The van der Waals surface area contributed by atoms with Crippen LogP contribution in [0.5, 0.6) is 5.75 Å². The fourth-order valence-electron chi connectivity index (χ4n) is 4.61. The molecule has 4 rings (SSSR count). The molecule has 23 heavy (non-hydrogen) atoms. The number of benzene rings is 1. The van der Waals surface area contributed by atoms with Crippen LogP contribution in [0.25, 0.3) is 0 Å². The first-order chi connectivity index (χ1) is 11.1. The van der Waals surface area contributed by atoms with Gasteiger partial charge in [0.05, 0.1) is 11.6 Å². The maximum absolute atomic E-state index is 12.8. The molecule has 124 valence electrons. The van der Waals surface area contributed by atoms with E-state index in [2.05, 4.69) is 11.4 Å². The third kappa shape index (κ3) is 2.63. The van der Waals surface area contributed by atoms with Crippen molar-refractivity contribution in [2.75, 3.05) is 0 Å². The van der Waals surface area contributed by atoms with E-state index in [-0.39, 0.29) is 17.6 Å². The molecule has 0 bridgehead atoms. The molecular weight excluding hydrogens is 288 g/mol. The largest absolute Gasteiger partial charge is 0.487 e. The number of fused-ring (bicyclic) bond motifs is 1. The van der Waals surface area contributed by atoms with Gasteiger partial charge in [0.25, 0.3) is 0 Å². The minimum Gasteiger partial charge on any atom is -0.487 e. The third-order valence-corrected chi connectivity index (χ3v) is 5.97. The quantitative estimate of drug-likeness (QED) is 0.881. The fourth-order valence-corrected chi connectivity index (χ4v) is 4.61. The second-order valence-electron chi connectivity index (χ2n) is 7.62. The van der Waals surface area contributed by atoms with E-state index >= 15 is 0 Å². The average molecular weight is 314 g/mol. The number of amides is 1. The Morgan fingerprint density at radius 2 is 1.74 bits per heavy atom. The average Bonchev–Trinajstić information content (AvgIpc) is 3.18. The summed E-state index contributed by atoms with van der Waals surface area (Å²) in [5.41, 5.74) is 6.67. The number of rotatable bonds is 2. The highest BCUT2D eigenvalue weighted by Crippen LogP contribution is 2.47. The topological polar surface area (TPSA) is 64.4 Å². The van der Waals surface area contributed by atoms with Crippen molar-refractivity contribution in [2.45, 2.75) is 75.0 Å². The second kappa shape index (κ2) is 5.52. The van der Waals surface area contributed by atoms with Crippen LogP contribution in [-0.4, -0.2) is 17.0 Å². The summed E-state index contributed by atoms with van der Waals surface area (Å²) >= 11 is 0. The minimum absolute atomic E-state index is 0.0184. The lowest BCUT2D eigenvalue weighted by molar-refractivity contribution is -0.127. The second-order valence-corrected chi connectivity index (χ2v) is 7.62. The lowest BCUT2D eigenvalue weighted by Gasteiger charge is -2.41. The van der Waals surface area contributed by atoms with Crippen LogP contribution in [0.15, 0.2) is 24.3 Å². The molecule has 0 saturated heterocycles. The van der Waals surface area contributed by atoms with Crippen LogP contribution in [0, 0.1) is 0 Å². The van der Waals surface area contributed by atoms with Gasteiger partial charge in [-0.15, -0.1) is 0 Å². The molecule has 0 radical (unpaired) electrons. The molecule has 1 aromatic carbocycles. The molecule has 1 atom stereocenters. The Balaban J connectivity index is 1.60. The van der Waals surface area contributed by atoms with E-state index in [1.54, 1.807) is 0 Å². The van der Waals surface area contributed by atoms with E-state index in [0.29, 0.717) is 0 Å². The van der Waals surface area contributed by atoms with Crippen molar-refractivity contribution in [2.24, 2.45) is 5.73 Å². The molecule has 1 aliphatic heterocycles. The van der Waals surface area contributed by atoms with Gasteiger partial charge in [-0.25, -0.2) is 0 Å². The minimum atomic E-state index is -0.671. The van der Waals surface area contributed by atoms with Gasteiger partial charge in [-0.3, -0.25) is 4.79 Å². The first kappa shape index (κ1) is 15.0. The van der Waals surface area contributed by atoms with Crippen LogP contribution in [0.3, 0.4) is 0 Å². The highest BCUT2D eigenvalue weighted by molar-refractivity contribution is 5.86. The number of carbonyl (C=O) groups excluding carboxylic acids is 1. The van der Waals surface area contributed by atoms with Gasteiger partial charge in [0.1, 0.15) is 11.4 Å². The van der Waals surface area contributed by atoms with Gasteiger partial charge in [-0.05, 0) is 44.6 Å². The molecule has 2 fully saturated rings. The van der Waals surface area contributed by atoms with Gasteiger partial charge >= 0.3 is 0 Å². The Bertz CT molecular complexity index is 601. The lowest BCUT2D eigenvalue weighted by Crippen LogP contribution is -2.54. The van der Waals surface area contributed by atoms with Crippen molar-refractivity contribution in [1.82, 2.24) is 5.32 Å². The Hall–Kier alpha value is -1.55. The number of hydrogen-bond acceptors (Lipinski definition) is 3. The molecule has 1 spiro atoms. The summed E-state index contributed by atoms with van der Waals surface area (Å²) in [5, 5.41) is 3.26. The van der Waals surface area contributed by atoms with E-state index in [9.17, 15) is 4.79 Å². The molecule has 1 unspecified atom stereocenters. The van der Waals surface area contributed by atoms with Crippen molar-refractivity contribution in [3.63, 3.8) is 0 Å². The predicted molar refractivity (Wildman–Crippen MR) is 89.2 cm³/mol. The summed E-state index contributed by atoms with van der Waals surface area (Å²) in [6, 6.07) is 8.14. The van der Waals surface area contributed by atoms with E-state index in [1.165, 1.54) is 12.8 Å². The summed E-state index contributed by atoms with van der Waals surface area (Å²) in [5.74, 6) is 0.952. The lowest BCUT2D eigenvalue weighted by atomic mass is 9.85. The molecule has 3 N–H and O–H groups in total. The first-order valence-corrected chi connectivity index (χ1v) is 8.98. The Labute approximate surface area is 137 Å². The zero-order valence-corrected chi connectivity index (χ0v) is 13.6. The summed E-state index contributed by atoms with van der Waals surface area (Å²) in [6.45, 7) is 0. The molecule has 0 aromatic heterocycles. The number of hydrogen-bond donors (Lipinski definition) is 2.